The van der Waals surface area contributed by atoms with Crippen molar-refractivity contribution in [1.82, 2.24) is 9.78 Å². The second-order valence-electron chi connectivity index (χ2n) is 5.12. The predicted molar refractivity (Wildman–Crippen MR) is 67.7 cm³/mol. The summed E-state index contributed by atoms with van der Waals surface area (Å²) in [6, 6.07) is 0.194. The molecule has 5 heteroatoms. The molecule has 0 bridgehead atoms. The third-order valence-electron chi connectivity index (χ3n) is 3.44. The number of aromatic nitrogens is 2. The Kier molecular flexibility index (Phi) is 3.64. The lowest BCUT2D eigenvalue weighted by Crippen LogP contribution is -2.47. The molecule has 2 rings (SSSR count). The van der Waals surface area contributed by atoms with Crippen molar-refractivity contribution >= 4 is 0 Å². The first-order valence-corrected chi connectivity index (χ1v) is 6.47. The summed E-state index contributed by atoms with van der Waals surface area (Å²) in [5, 5.41) is 15.0. The Morgan fingerprint density at radius 2 is 2.22 bits per heavy atom. The molecule has 1 aromatic rings. The second kappa shape index (κ2) is 4.90. The Hall–Kier alpha value is -1.07. The number of rotatable bonds is 5. The summed E-state index contributed by atoms with van der Waals surface area (Å²) in [4.78, 5) is 0. The van der Waals surface area contributed by atoms with Gasteiger partial charge in [0.05, 0.1) is 19.4 Å². The van der Waals surface area contributed by atoms with E-state index in [0.29, 0.717) is 25.2 Å². The van der Waals surface area contributed by atoms with Crippen LogP contribution in [0, 0.1) is 0 Å². The third kappa shape index (κ3) is 2.12. The van der Waals surface area contributed by atoms with Crippen molar-refractivity contribution in [3.05, 3.63) is 11.9 Å². The molecule has 0 saturated heterocycles. The Morgan fingerprint density at radius 3 is 2.72 bits per heavy atom. The fourth-order valence-corrected chi connectivity index (χ4v) is 2.57. The molecular formula is C13H22N2O3. The van der Waals surface area contributed by atoms with Gasteiger partial charge in [-0.15, -0.1) is 0 Å². The standard InChI is InChI=1S/C13H22N2O3/c1-5-18-10-6-13(16,7-10)12-11(17-4)8-14-15(12)9(2)3/h8-10,16H,5-7H2,1-4H3. The van der Waals surface area contributed by atoms with Crippen LogP contribution in [0.5, 0.6) is 5.75 Å². The Balaban J connectivity index is 2.25. The van der Waals surface area contributed by atoms with Gasteiger partial charge in [-0.25, -0.2) is 0 Å². The lowest BCUT2D eigenvalue weighted by Gasteiger charge is -2.43. The zero-order valence-corrected chi connectivity index (χ0v) is 11.5. The van der Waals surface area contributed by atoms with E-state index in [1.54, 1.807) is 13.3 Å². The molecule has 1 aliphatic carbocycles. The summed E-state index contributed by atoms with van der Waals surface area (Å²) in [5.41, 5.74) is -0.0951. The molecule has 0 unspecified atom stereocenters. The summed E-state index contributed by atoms with van der Waals surface area (Å²) in [6.45, 7) is 6.73. The monoisotopic (exact) mass is 254 g/mol. The smallest absolute Gasteiger partial charge is 0.162 e. The molecule has 1 aromatic heterocycles. The van der Waals surface area contributed by atoms with Crippen LogP contribution in [-0.2, 0) is 10.3 Å². The Morgan fingerprint density at radius 1 is 1.56 bits per heavy atom. The van der Waals surface area contributed by atoms with Gasteiger partial charge in [-0.3, -0.25) is 4.68 Å². The van der Waals surface area contributed by atoms with Crippen LogP contribution in [0.15, 0.2) is 6.20 Å². The number of nitrogens with zero attached hydrogens (tertiary/aromatic N) is 2. The van der Waals surface area contributed by atoms with Gasteiger partial charge in [-0.1, -0.05) is 0 Å². The molecule has 0 aromatic carbocycles. The van der Waals surface area contributed by atoms with Gasteiger partial charge in [-0.05, 0) is 20.8 Å². The van der Waals surface area contributed by atoms with Crippen molar-refractivity contribution in [3.8, 4) is 5.75 Å². The normalized spacial score (nSPS) is 27.3. The molecule has 0 atom stereocenters. The van der Waals surface area contributed by atoms with E-state index in [1.807, 2.05) is 25.5 Å². The van der Waals surface area contributed by atoms with Crippen molar-refractivity contribution in [1.29, 1.82) is 0 Å². The second-order valence-corrected chi connectivity index (χ2v) is 5.12. The number of hydrogen-bond donors (Lipinski definition) is 1. The summed E-state index contributed by atoms with van der Waals surface area (Å²) < 4.78 is 12.7. The van der Waals surface area contributed by atoms with Gasteiger partial charge in [-0.2, -0.15) is 5.10 Å². The largest absolute Gasteiger partial charge is 0.493 e. The van der Waals surface area contributed by atoms with Crippen molar-refractivity contribution in [3.63, 3.8) is 0 Å². The van der Waals surface area contributed by atoms with Crippen molar-refractivity contribution in [2.24, 2.45) is 0 Å². The maximum Gasteiger partial charge on any atom is 0.162 e. The SMILES string of the molecule is CCOC1CC(O)(c2c(OC)cnn2C(C)C)C1. The molecule has 0 spiro atoms. The van der Waals surface area contributed by atoms with Crippen LogP contribution in [0.4, 0.5) is 0 Å². The van der Waals surface area contributed by atoms with Crippen molar-refractivity contribution < 1.29 is 14.6 Å². The highest BCUT2D eigenvalue weighted by molar-refractivity contribution is 5.33. The summed E-state index contributed by atoms with van der Waals surface area (Å²) in [6.07, 6.45) is 3.02. The number of ether oxygens (including phenoxy) is 2. The minimum atomic E-state index is -0.869. The number of methoxy groups -OCH3 is 1. The first-order chi connectivity index (χ1) is 8.51. The molecule has 1 saturated carbocycles. The number of hydrogen-bond acceptors (Lipinski definition) is 4. The highest BCUT2D eigenvalue weighted by Gasteiger charge is 2.48. The highest BCUT2D eigenvalue weighted by Crippen LogP contribution is 2.46. The van der Waals surface area contributed by atoms with Gasteiger partial charge in [0.1, 0.15) is 11.3 Å². The van der Waals surface area contributed by atoms with Gasteiger partial charge in [0, 0.05) is 25.5 Å². The average molecular weight is 254 g/mol. The van der Waals surface area contributed by atoms with Gasteiger partial charge < -0.3 is 14.6 Å². The van der Waals surface area contributed by atoms with E-state index in [2.05, 4.69) is 5.10 Å². The van der Waals surface area contributed by atoms with E-state index in [4.69, 9.17) is 9.47 Å². The van der Waals surface area contributed by atoms with Crippen LogP contribution < -0.4 is 4.74 Å². The molecule has 0 aliphatic heterocycles. The predicted octanol–water partition coefficient (Wildman–Crippen LogP) is 1.86. The van der Waals surface area contributed by atoms with E-state index in [-0.39, 0.29) is 12.1 Å². The zero-order valence-electron chi connectivity index (χ0n) is 11.5. The van der Waals surface area contributed by atoms with Crippen LogP contribution in [0.1, 0.15) is 45.3 Å². The van der Waals surface area contributed by atoms with Gasteiger partial charge >= 0.3 is 0 Å². The lowest BCUT2D eigenvalue weighted by atomic mass is 9.74. The quantitative estimate of drug-likeness (QED) is 0.871. The van der Waals surface area contributed by atoms with E-state index >= 15 is 0 Å². The van der Waals surface area contributed by atoms with Crippen LogP contribution >= 0.6 is 0 Å². The third-order valence-corrected chi connectivity index (χ3v) is 3.44. The van der Waals surface area contributed by atoms with E-state index in [1.165, 1.54) is 0 Å². The molecule has 0 amide bonds. The zero-order chi connectivity index (χ0) is 13.3. The van der Waals surface area contributed by atoms with Gasteiger partial charge in [0.25, 0.3) is 0 Å². The molecule has 102 valence electrons. The van der Waals surface area contributed by atoms with E-state index in [9.17, 15) is 5.11 Å². The van der Waals surface area contributed by atoms with Crippen LogP contribution in [0.2, 0.25) is 0 Å². The molecule has 0 radical (unpaired) electrons. The molecule has 18 heavy (non-hydrogen) atoms. The minimum absolute atomic E-state index is 0.139. The first-order valence-electron chi connectivity index (χ1n) is 6.47. The van der Waals surface area contributed by atoms with Crippen LogP contribution in [0.25, 0.3) is 0 Å². The van der Waals surface area contributed by atoms with Crippen LogP contribution in [-0.4, -0.2) is 34.7 Å². The van der Waals surface area contributed by atoms with Crippen LogP contribution in [0.3, 0.4) is 0 Å². The fourth-order valence-electron chi connectivity index (χ4n) is 2.57. The molecular weight excluding hydrogens is 232 g/mol. The van der Waals surface area contributed by atoms with Gasteiger partial charge in [0.15, 0.2) is 5.75 Å². The maximum absolute atomic E-state index is 10.7. The fraction of sp³-hybridized carbons (Fsp3) is 0.769. The molecule has 5 nitrogen and oxygen atoms in total. The lowest BCUT2D eigenvalue weighted by molar-refractivity contribution is -0.147. The maximum atomic E-state index is 10.7. The summed E-state index contributed by atoms with van der Waals surface area (Å²) >= 11 is 0. The van der Waals surface area contributed by atoms with Gasteiger partial charge in [0.2, 0.25) is 0 Å². The average Bonchev–Trinajstić information content (AvgIpc) is 2.71. The minimum Gasteiger partial charge on any atom is -0.493 e. The van der Waals surface area contributed by atoms with Crippen molar-refractivity contribution in [2.75, 3.05) is 13.7 Å². The number of aliphatic hydroxyl groups is 1. The Labute approximate surface area is 108 Å². The van der Waals surface area contributed by atoms with E-state index < -0.39 is 5.60 Å². The summed E-state index contributed by atoms with van der Waals surface area (Å²) in [5.74, 6) is 0.654. The molecule has 1 heterocycles. The molecule has 1 aliphatic rings. The van der Waals surface area contributed by atoms with E-state index in [0.717, 1.165) is 5.69 Å². The molecule has 1 fully saturated rings. The first kappa shape index (κ1) is 13.4. The topological polar surface area (TPSA) is 56.5 Å². The highest BCUT2D eigenvalue weighted by atomic mass is 16.5. The Bertz CT molecular complexity index is 408. The summed E-state index contributed by atoms with van der Waals surface area (Å²) in [7, 11) is 1.60. The van der Waals surface area contributed by atoms with Crippen molar-refractivity contribution in [2.45, 2.75) is 51.4 Å². The molecule has 1 N–H and O–H groups in total.